The van der Waals surface area contributed by atoms with Crippen LogP contribution in [-0.4, -0.2) is 31.3 Å². The van der Waals surface area contributed by atoms with Crippen LogP contribution < -0.4 is 10.6 Å². The minimum atomic E-state index is -0.0673. The second-order valence-corrected chi connectivity index (χ2v) is 5.63. The van der Waals surface area contributed by atoms with Gasteiger partial charge in [-0.15, -0.1) is 0 Å². The highest BCUT2D eigenvalue weighted by Crippen LogP contribution is 2.42. The van der Waals surface area contributed by atoms with Crippen LogP contribution >= 0.6 is 11.3 Å². The summed E-state index contributed by atoms with van der Waals surface area (Å²) in [6.45, 7) is 3.51. The van der Waals surface area contributed by atoms with Crippen molar-refractivity contribution in [3.8, 4) is 0 Å². The first-order chi connectivity index (χ1) is 7.78. The molecule has 16 heavy (non-hydrogen) atoms. The zero-order valence-electron chi connectivity index (χ0n) is 9.32. The molecule has 88 valence electrons. The van der Waals surface area contributed by atoms with Crippen LogP contribution in [0.2, 0.25) is 0 Å². The topological polar surface area (TPSA) is 51.4 Å². The number of nitrogens with two attached hydrogens (primary N) is 1. The Morgan fingerprint density at radius 2 is 2.12 bits per heavy atom. The van der Waals surface area contributed by atoms with Gasteiger partial charge in [0, 0.05) is 24.2 Å². The third kappa shape index (κ3) is 1.73. The van der Waals surface area contributed by atoms with Crippen molar-refractivity contribution in [3.05, 3.63) is 11.1 Å². The molecule has 0 bridgehead atoms. The summed E-state index contributed by atoms with van der Waals surface area (Å²) < 4.78 is 5.34. The maximum absolute atomic E-state index is 6.29. The number of thiazole rings is 1. The lowest BCUT2D eigenvalue weighted by molar-refractivity contribution is 0.122. The van der Waals surface area contributed by atoms with Crippen LogP contribution in [0.4, 0.5) is 5.13 Å². The molecule has 0 amide bonds. The molecule has 4 nitrogen and oxygen atoms in total. The summed E-state index contributed by atoms with van der Waals surface area (Å²) in [6, 6.07) is 0. The van der Waals surface area contributed by atoms with Crippen molar-refractivity contribution in [2.45, 2.75) is 24.8 Å². The van der Waals surface area contributed by atoms with E-state index < -0.39 is 0 Å². The first kappa shape index (κ1) is 10.5. The average molecular weight is 239 g/mol. The maximum Gasteiger partial charge on any atom is 0.185 e. The second-order valence-electron chi connectivity index (χ2n) is 4.62. The summed E-state index contributed by atoms with van der Waals surface area (Å²) in [6.07, 6.45) is 5.44. The molecule has 2 aliphatic rings. The normalized spacial score (nSPS) is 24.2. The molecule has 2 N–H and O–H groups in total. The van der Waals surface area contributed by atoms with E-state index in [0.29, 0.717) is 0 Å². The summed E-state index contributed by atoms with van der Waals surface area (Å²) in [4.78, 5) is 8.04. The van der Waals surface area contributed by atoms with E-state index in [2.05, 4.69) is 9.88 Å². The number of ether oxygens (including phenoxy) is 1. The van der Waals surface area contributed by atoms with Gasteiger partial charge in [0.05, 0.1) is 18.8 Å². The van der Waals surface area contributed by atoms with Gasteiger partial charge in [0.15, 0.2) is 5.13 Å². The molecule has 0 spiro atoms. The van der Waals surface area contributed by atoms with Crippen molar-refractivity contribution < 1.29 is 4.74 Å². The lowest BCUT2D eigenvalue weighted by Crippen LogP contribution is -2.42. The van der Waals surface area contributed by atoms with Crippen molar-refractivity contribution >= 4 is 16.5 Å². The number of nitrogens with zero attached hydrogens (tertiary/aromatic N) is 2. The summed E-state index contributed by atoms with van der Waals surface area (Å²) >= 11 is 1.76. The number of morpholine rings is 1. The Bertz CT molecular complexity index is 369. The highest BCUT2D eigenvalue weighted by Gasteiger charge is 2.36. The first-order valence-corrected chi connectivity index (χ1v) is 6.67. The van der Waals surface area contributed by atoms with Crippen LogP contribution in [-0.2, 0) is 10.3 Å². The van der Waals surface area contributed by atoms with Gasteiger partial charge >= 0.3 is 0 Å². The second kappa shape index (κ2) is 3.98. The lowest BCUT2D eigenvalue weighted by Gasteiger charge is -2.36. The summed E-state index contributed by atoms with van der Waals surface area (Å²) in [5.41, 5.74) is 6.23. The molecule has 1 aliphatic carbocycles. The van der Waals surface area contributed by atoms with Crippen LogP contribution in [0.15, 0.2) is 6.20 Å². The fourth-order valence-electron chi connectivity index (χ4n) is 2.20. The lowest BCUT2D eigenvalue weighted by atomic mass is 9.77. The Morgan fingerprint density at radius 1 is 1.38 bits per heavy atom. The van der Waals surface area contributed by atoms with E-state index in [1.54, 1.807) is 11.3 Å². The van der Waals surface area contributed by atoms with Crippen LogP contribution in [0.5, 0.6) is 0 Å². The Morgan fingerprint density at radius 3 is 2.75 bits per heavy atom. The quantitative estimate of drug-likeness (QED) is 0.845. The molecule has 1 aromatic heterocycles. The van der Waals surface area contributed by atoms with E-state index >= 15 is 0 Å². The van der Waals surface area contributed by atoms with Gasteiger partial charge in [-0.25, -0.2) is 4.98 Å². The third-order valence-electron chi connectivity index (χ3n) is 3.51. The molecule has 1 saturated carbocycles. The van der Waals surface area contributed by atoms with E-state index in [1.165, 1.54) is 11.3 Å². The Kier molecular flexibility index (Phi) is 2.61. The van der Waals surface area contributed by atoms with Crippen molar-refractivity contribution in [1.82, 2.24) is 4.98 Å². The van der Waals surface area contributed by atoms with E-state index in [9.17, 15) is 0 Å². The predicted molar refractivity (Wildman–Crippen MR) is 64.9 cm³/mol. The molecule has 2 heterocycles. The molecule has 1 aromatic rings. The Labute approximate surface area is 99.4 Å². The Hall–Kier alpha value is -0.650. The van der Waals surface area contributed by atoms with Gasteiger partial charge in [-0.1, -0.05) is 11.3 Å². The predicted octanol–water partition coefficient (Wildman–Crippen LogP) is 1.32. The molecular weight excluding hydrogens is 222 g/mol. The molecule has 0 radical (unpaired) electrons. The first-order valence-electron chi connectivity index (χ1n) is 5.86. The molecular formula is C11H17N3OS. The molecule has 0 unspecified atom stereocenters. The highest BCUT2D eigenvalue weighted by atomic mass is 32.1. The maximum atomic E-state index is 6.29. The van der Waals surface area contributed by atoms with E-state index in [4.69, 9.17) is 10.5 Å². The monoisotopic (exact) mass is 239 g/mol. The van der Waals surface area contributed by atoms with Crippen LogP contribution in [0, 0.1) is 0 Å². The third-order valence-corrected chi connectivity index (χ3v) is 4.79. The minimum Gasteiger partial charge on any atom is -0.378 e. The van der Waals surface area contributed by atoms with Gasteiger partial charge in [-0.3, -0.25) is 0 Å². The highest BCUT2D eigenvalue weighted by molar-refractivity contribution is 7.15. The zero-order chi connectivity index (χ0) is 11.0. The SMILES string of the molecule is NC1(c2cnc(N3CCOCC3)s2)CCC1. The smallest absolute Gasteiger partial charge is 0.185 e. The van der Waals surface area contributed by atoms with E-state index in [-0.39, 0.29) is 5.54 Å². The summed E-state index contributed by atoms with van der Waals surface area (Å²) in [5, 5.41) is 1.11. The minimum absolute atomic E-state index is 0.0673. The zero-order valence-corrected chi connectivity index (χ0v) is 10.1. The number of rotatable bonds is 2. The van der Waals surface area contributed by atoms with Crippen molar-refractivity contribution in [2.75, 3.05) is 31.2 Å². The van der Waals surface area contributed by atoms with E-state index in [0.717, 1.165) is 44.3 Å². The largest absolute Gasteiger partial charge is 0.378 e. The van der Waals surface area contributed by atoms with Crippen LogP contribution in [0.3, 0.4) is 0 Å². The van der Waals surface area contributed by atoms with Gasteiger partial charge in [-0.05, 0) is 19.3 Å². The fraction of sp³-hybridized carbons (Fsp3) is 0.727. The summed E-state index contributed by atoms with van der Waals surface area (Å²) in [7, 11) is 0. The number of anilines is 1. The molecule has 3 rings (SSSR count). The standard InChI is InChI=1S/C11H17N3OS/c12-11(2-1-3-11)9-8-13-10(16-9)14-4-6-15-7-5-14/h8H,1-7,12H2. The summed E-state index contributed by atoms with van der Waals surface area (Å²) in [5.74, 6) is 0. The van der Waals surface area contributed by atoms with Crippen molar-refractivity contribution in [2.24, 2.45) is 5.73 Å². The van der Waals surface area contributed by atoms with Gasteiger partial charge < -0.3 is 15.4 Å². The van der Waals surface area contributed by atoms with Gasteiger partial charge in [0.1, 0.15) is 0 Å². The van der Waals surface area contributed by atoms with Crippen molar-refractivity contribution in [3.63, 3.8) is 0 Å². The fourth-order valence-corrected chi connectivity index (χ4v) is 3.33. The molecule has 2 fully saturated rings. The molecule has 5 heteroatoms. The van der Waals surface area contributed by atoms with Gasteiger partial charge in [0.25, 0.3) is 0 Å². The van der Waals surface area contributed by atoms with Gasteiger partial charge in [-0.2, -0.15) is 0 Å². The van der Waals surface area contributed by atoms with Crippen molar-refractivity contribution in [1.29, 1.82) is 0 Å². The number of hydrogen-bond acceptors (Lipinski definition) is 5. The molecule has 1 aliphatic heterocycles. The van der Waals surface area contributed by atoms with Gasteiger partial charge in [0.2, 0.25) is 0 Å². The molecule has 0 atom stereocenters. The van der Waals surface area contributed by atoms with Crippen LogP contribution in [0.25, 0.3) is 0 Å². The van der Waals surface area contributed by atoms with E-state index in [1.807, 2.05) is 6.20 Å². The van der Waals surface area contributed by atoms with Crippen LogP contribution in [0.1, 0.15) is 24.1 Å². The number of aromatic nitrogens is 1. The molecule has 0 aromatic carbocycles. The Balaban J connectivity index is 1.76. The number of hydrogen-bond donors (Lipinski definition) is 1. The molecule has 1 saturated heterocycles. The average Bonchev–Trinajstić information content (AvgIpc) is 2.77.